The molecule has 0 saturated heterocycles. The number of nitrogens with one attached hydrogen (secondary N) is 1. The third kappa shape index (κ3) is 2.34. The van der Waals surface area contributed by atoms with Crippen LogP contribution in [0.4, 0.5) is 5.69 Å². The lowest BCUT2D eigenvalue weighted by atomic mass is 10.1. The van der Waals surface area contributed by atoms with Crippen LogP contribution in [0.25, 0.3) is 11.1 Å². The highest BCUT2D eigenvalue weighted by molar-refractivity contribution is 6.05. The second kappa shape index (κ2) is 5.38. The van der Waals surface area contributed by atoms with Gasteiger partial charge < -0.3 is 14.8 Å². The second-order valence-electron chi connectivity index (χ2n) is 6.23. The van der Waals surface area contributed by atoms with Gasteiger partial charge in [0.2, 0.25) is 6.79 Å². The van der Waals surface area contributed by atoms with Crippen molar-refractivity contribution < 1.29 is 14.3 Å². The van der Waals surface area contributed by atoms with Crippen LogP contribution in [0.3, 0.4) is 0 Å². The molecule has 3 aromatic carbocycles. The zero-order valence-electron chi connectivity index (χ0n) is 13.4. The van der Waals surface area contributed by atoms with E-state index in [1.807, 2.05) is 6.07 Å². The van der Waals surface area contributed by atoms with E-state index in [1.54, 1.807) is 18.2 Å². The summed E-state index contributed by atoms with van der Waals surface area (Å²) in [5, 5.41) is 2.97. The van der Waals surface area contributed by atoms with Crippen LogP contribution < -0.4 is 14.8 Å². The first-order valence-corrected chi connectivity index (χ1v) is 8.20. The third-order valence-corrected chi connectivity index (χ3v) is 4.69. The smallest absolute Gasteiger partial charge is 0.255 e. The first-order chi connectivity index (χ1) is 12.3. The molecule has 0 saturated carbocycles. The Morgan fingerprint density at radius 2 is 1.68 bits per heavy atom. The summed E-state index contributed by atoms with van der Waals surface area (Å²) in [4.78, 5) is 12.5. The molecule has 0 unspecified atom stereocenters. The molecule has 1 N–H and O–H groups in total. The Bertz CT molecular complexity index is 1010. The fourth-order valence-electron chi connectivity index (χ4n) is 3.46. The molecule has 0 aromatic heterocycles. The van der Waals surface area contributed by atoms with E-state index in [2.05, 4.69) is 41.7 Å². The number of carbonyl (C=O) groups excluding carboxylic acids is 1. The monoisotopic (exact) mass is 329 g/mol. The van der Waals surface area contributed by atoms with Crippen molar-refractivity contribution in [3.05, 3.63) is 77.4 Å². The van der Waals surface area contributed by atoms with Crippen molar-refractivity contribution in [3.8, 4) is 22.6 Å². The second-order valence-corrected chi connectivity index (χ2v) is 6.23. The highest BCUT2D eigenvalue weighted by Crippen LogP contribution is 2.38. The summed E-state index contributed by atoms with van der Waals surface area (Å²) in [5.74, 6) is 1.12. The quantitative estimate of drug-likeness (QED) is 0.598. The van der Waals surface area contributed by atoms with Crippen LogP contribution in [-0.2, 0) is 6.42 Å². The highest BCUT2D eigenvalue weighted by Gasteiger charge is 2.19. The highest BCUT2D eigenvalue weighted by atomic mass is 16.7. The first-order valence-electron chi connectivity index (χ1n) is 8.20. The lowest BCUT2D eigenvalue weighted by Crippen LogP contribution is -2.11. The number of rotatable bonds is 2. The minimum absolute atomic E-state index is 0.159. The minimum Gasteiger partial charge on any atom is -0.454 e. The van der Waals surface area contributed by atoms with Gasteiger partial charge in [-0.25, -0.2) is 0 Å². The lowest BCUT2D eigenvalue weighted by molar-refractivity contribution is 0.102. The van der Waals surface area contributed by atoms with Gasteiger partial charge in [0, 0.05) is 11.3 Å². The summed E-state index contributed by atoms with van der Waals surface area (Å²) in [6, 6.07) is 19.7. The van der Waals surface area contributed by atoms with Crippen molar-refractivity contribution in [2.24, 2.45) is 0 Å². The van der Waals surface area contributed by atoms with Gasteiger partial charge in [0.1, 0.15) is 0 Å². The van der Waals surface area contributed by atoms with Gasteiger partial charge in [-0.1, -0.05) is 30.3 Å². The lowest BCUT2D eigenvalue weighted by Gasteiger charge is -2.08. The van der Waals surface area contributed by atoms with Crippen LogP contribution in [0.2, 0.25) is 0 Å². The van der Waals surface area contributed by atoms with Gasteiger partial charge >= 0.3 is 0 Å². The summed E-state index contributed by atoms with van der Waals surface area (Å²) in [7, 11) is 0. The molecule has 5 rings (SSSR count). The molecule has 0 bridgehead atoms. The molecular weight excluding hydrogens is 314 g/mol. The molecule has 0 spiro atoms. The van der Waals surface area contributed by atoms with Crippen molar-refractivity contribution >= 4 is 11.6 Å². The van der Waals surface area contributed by atoms with E-state index >= 15 is 0 Å². The van der Waals surface area contributed by atoms with Crippen LogP contribution in [0.1, 0.15) is 21.5 Å². The van der Waals surface area contributed by atoms with Gasteiger partial charge in [-0.05, 0) is 59.0 Å². The summed E-state index contributed by atoms with van der Waals surface area (Å²) < 4.78 is 10.6. The van der Waals surface area contributed by atoms with Gasteiger partial charge in [0.15, 0.2) is 11.5 Å². The molecule has 122 valence electrons. The van der Waals surface area contributed by atoms with Gasteiger partial charge in [-0.3, -0.25) is 4.79 Å². The Labute approximate surface area is 145 Å². The Kier molecular flexibility index (Phi) is 3.04. The molecule has 1 amide bonds. The zero-order valence-corrected chi connectivity index (χ0v) is 13.4. The standard InChI is InChI=1S/C21H15NO3/c23-21(14-5-8-19-20(11-14)25-12-24-19)22-16-6-7-18-15(10-16)9-13-3-1-2-4-17(13)18/h1-8,10-11H,9,12H2,(H,22,23). The maximum absolute atomic E-state index is 12.5. The predicted octanol–water partition coefficient (Wildman–Crippen LogP) is 4.24. The number of benzene rings is 3. The normalized spacial score (nSPS) is 13.3. The number of fused-ring (bicyclic) bond motifs is 4. The van der Waals surface area contributed by atoms with E-state index in [4.69, 9.17) is 9.47 Å². The average molecular weight is 329 g/mol. The molecular formula is C21H15NO3. The van der Waals surface area contributed by atoms with E-state index in [-0.39, 0.29) is 12.7 Å². The van der Waals surface area contributed by atoms with Crippen LogP contribution in [0.15, 0.2) is 60.7 Å². The predicted molar refractivity (Wildman–Crippen MR) is 95.2 cm³/mol. The van der Waals surface area contributed by atoms with Crippen LogP contribution >= 0.6 is 0 Å². The Morgan fingerprint density at radius 1 is 0.840 bits per heavy atom. The summed E-state index contributed by atoms with van der Waals surface area (Å²) in [6.45, 7) is 0.200. The van der Waals surface area contributed by atoms with Gasteiger partial charge in [-0.15, -0.1) is 0 Å². The van der Waals surface area contributed by atoms with Crippen LogP contribution in [-0.4, -0.2) is 12.7 Å². The van der Waals surface area contributed by atoms with Gasteiger partial charge in [0.25, 0.3) is 5.91 Å². The van der Waals surface area contributed by atoms with E-state index in [9.17, 15) is 4.79 Å². The number of amides is 1. The first kappa shape index (κ1) is 14.1. The third-order valence-electron chi connectivity index (χ3n) is 4.69. The SMILES string of the molecule is O=C(Nc1ccc2c(c1)Cc1ccccc1-2)c1ccc2c(c1)OCO2. The Balaban J connectivity index is 1.40. The Morgan fingerprint density at radius 3 is 2.64 bits per heavy atom. The molecule has 1 aliphatic heterocycles. The molecule has 4 nitrogen and oxygen atoms in total. The van der Waals surface area contributed by atoms with Crippen LogP contribution in [0.5, 0.6) is 11.5 Å². The Hall–Kier alpha value is -3.27. The molecule has 2 aliphatic rings. The number of ether oxygens (including phenoxy) is 2. The van der Waals surface area contributed by atoms with Gasteiger partial charge in [0.05, 0.1) is 0 Å². The molecule has 0 fully saturated rings. The number of hydrogen-bond acceptors (Lipinski definition) is 3. The summed E-state index contributed by atoms with van der Waals surface area (Å²) in [5.41, 5.74) is 6.45. The van der Waals surface area contributed by atoms with Gasteiger partial charge in [-0.2, -0.15) is 0 Å². The largest absolute Gasteiger partial charge is 0.454 e. The van der Waals surface area contributed by atoms with Crippen molar-refractivity contribution in [1.29, 1.82) is 0 Å². The topological polar surface area (TPSA) is 47.6 Å². The molecule has 1 heterocycles. The molecule has 25 heavy (non-hydrogen) atoms. The summed E-state index contributed by atoms with van der Waals surface area (Å²) in [6.07, 6.45) is 0.902. The van der Waals surface area contributed by atoms with E-state index in [0.717, 1.165) is 12.1 Å². The number of anilines is 1. The fourth-order valence-corrected chi connectivity index (χ4v) is 3.46. The van der Waals surface area contributed by atoms with E-state index < -0.39 is 0 Å². The van der Waals surface area contributed by atoms with E-state index in [0.29, 0.717) is 17.1 Å². The minimum atomic E-state index is -0.159. The zero-order chi connectivity index (χ0) is 16.8. The average Bonchev–Trinajstić information content (AvgIpc) is 3.24. The van der Waals surface area contributed by atoms with Crippen LogP contribution in [0, 0.1) is 0 Å². The molecule has 4 heteroatoms. The number of hydrogen-bond donors (Lipinski definition) is 1. The maximum atomic E-state index is 12.5. The van der Waals surface area contributed by atoms with Crippen molar-refractivity contribution in [3.63, 3.8) is 0 Å². The van der Waals surface area contributed by atoms with Crippen molar-refractivity contribution in [2.75, 3.05) is 12.1 Å². The number of carbonyl (C=O) groups is 1. The molecule has 0 radical (unpaired) electrons. The molecule has 1 aliphatic carbocycles. The molecule has 0 atom stereocenters. The van der Waals surface area contributed by atoms with Crippen molar-refractivity contribution in [1.82, 2.24) is 0 Å². The molecule has 3 aromatic rings. The fraction of sp³-hybridized carbons (Fsp3) is 0.0952. The maximum Gasteiger partial charge on any atom is 0.255 e. The van der Waals surface area contributed by atoms with Crippen molar-refractivity contribution in [2.45, 2.75) is 6.42 Å². The van der Waals surface area contributed by atoms with E-state index in [1.165, 1.54) is 22.3 Å². The summed E-state index contributed by atoms with van der Waals surface area (Å²) >= 11 is 0.